The van der Waals surface area contributed by atoms with E-state index in [2.05, 4.69) is 10.6 Å². The number of carbonyl (C=O) groups excluding carboxylic acids is 2. The van der Waals surface area contributed by atoms with E-state index in [-0.39, 0.29) is 28.6 Å². The van der Waals surface area contributed by atoms with E-state index >= 15 is 0 Å². The molecule has 5 nitrogen and oxygen atoms in total. The Labute approximate surface area is 157 Å². The molecule has 0 spiro atoms. The minimum atomic E-state index is -0.217. The number of phenolic OH excluding ortho intramolecular Hbond substituents is 1. The largest absolute Gasteiger partial charge is 0.508 e. The van der Waals surface area contributed by atoms with Crippen LogP contribution in [-0.2, 0) is 22.4 Å². The van der Waals surface area contributed by atoms with Crippen LogP contribution in [0.4, 0.5) is 5.69 Å². The fourth-order valence-corrected chi connectivity index (χ4v) is 3.84. The molecule has 0 saturated carbocycles. The molecule has 0 bridgehead atoms. The fourth-order valence-electron chi connectivity index (χ4n) is 2.89. The van der Waals surface area contributed by atoms with Gasteiger partial charge < -0.3 is 15.7 Å². The van der Waals surface area contributed by atoms with Crippen LogP contribution in [0, 0.1) is 0 Å². The van der Waals surface area contributed by atoms with E-state index in [9.17, 15) is 14.7 Å². The highest BCUT2D eigenvalue weighted by atomic mass is 32.2. The summed E-state index contributed by atoms with van der Waals surface area (Å²) in [6, 6.07) is 14.8. The first-order valence-electron chi connectivity index (χ1n) is 8.67. The summed E-state index contributed by atoms with van der Waals surface area (Å²) in [7, 11) is 0. The molecule has 2 amide bonds. The Bertz CT molecular complexity index is 777. The third-order valence-corrected chi connectivity index (χ3v) is 5.61. The number of fused-ring (bicyclic) bond motifs is 1. The number of amides is 2. The first-order chi connectivity index (χ1) is 12.6. The van der Waals surface area contributed by atoms with Crippen molar-refractivity contribution in [2.45, 2.75) is 24.5 Å². The average Bonchev–Trinajstić information content (AvgIpc) is 2.80. The summed E-state index contributed by atoms with van der Waals surface area (Å²) in [6.45, 7) is 0.534. The summed E-state index contributed by atoms with van der Waals surface area (Å²) in [5.41, 5.74) is 3.07. The summed E-state index contributed by atoms with van der Waals surface area (Å²) in [5.74, 6) is 0.405. The number of thioether (sulfide) groups is 1. The van der Waals surface area contributed by atoms with Crippen LogP contribution in [0.15, 0.2) is 48.5 Å². The van der Waals surface area contributed by atoms with Crippen LogP contribution in [0.1, 0.15) is 17.5 Å². The van der Waals surface area contributed by atoms with Gasteiger partial charge in [0.05, 0.1) is 11.0 Å². The third-order valence-electron chi connectivity index (χ3n) is 4.33. The molecule has 0 saturated heterocycles. The van der Waals surface area contributed by atoms with Gasteiger partial charge in [0.15, 0.2) is 0 Å². The predicted molar refractivity (Wildman–Crippen MR) is 104 cm³/mol. The van der Waals surface area contributed by atoms with Crippen molar-refractivity contribution in [1.29, 1.82) is 0 Å². The van der Waals surface area contributed by atoms with Crippen molar-refractivity contribution in [3.05, 3.63) is 59.7 Å². The molecule has 2 aromatic carbocycles. The zero-order valence-corrected chi connectivity index (χ0v) is 15.2. The van der Waals surface area contributed by atoms with Crippen molar-refractivity contribution < 1.29 is 14.7 Å². The molecule has 1 heterocycles. The lowest BCUT2D eigenvalue weighted by Crippen LogP contribution is -2.30. The van der Waals surface area contributed by atoms with Crippen molar-refractivity contribution in [2.75, 3.05) is 17.6 Å². The van der Waals surface area contributed by atoms with E-state index in [1.807, 2.05) is 36.4 Å². The third kappa shape index (κ3) is 5.02. The van der Waals surface area contributed by atoms with Gasteiger partial charge in [-0.3, -0.25) is 9.59 Å². The fraction of sp³-hybridized carbons (Fsp3) is 0.300. The SMILES string of the molecule is O=C(CS[C@H]1CCc2ccccc2NC1=O)NCCc1ccc(O)cc1. The number of aryl methyl sites for hydroxylation is 1. The number of phenols is 1. The van der Waals surface area contributed by atoms with Gasteiger partial charge in [0, 0.05) is 12.2 Å². The first kappa shape index (κ1) is 18.3. The van der Waals surface area contributed by atoms with Crippen molar-refractivity contribution in [1.82, 2.24) is 5.32 Å². The lowest BCUT2D eigenvalue weighted by Gasteiger charge is -2.12. The topological polar surface area (TPSA) is 78.4 Å². The number of anilines is 1. The molecule has 3 rings (SSSR count). The van der Waals surface area contributed by atoms with E-state index in [0.29, 0.717) is 13.0 Å². The number of hydrogen-bond acceptors (Lipinski definition) is 4. The van der Waals surface area contributed by atoms with Gasteiger partial charge in [-0.05, 0) is 48.6 Å². The van der Waals surface area contributed by atoms with Crippen LogP contribution in [0.2, 0.25) is 0 Å². The molecule has 1 aliphatic rings. The van der Waals surface area contributed by atoms with Crippen LogP contribution < -0.4 is 10.6 Å². The summed E-state index contributed by atoms with van der Waals surface area (Å²) >= 11 is 1.39. The second kappa shape index (κ2) is 8.76. The highest BCUT2D eigenvalue weighted by Gasteiger charge is 2.24. The molecule has 26 heavy (non-hydrogen) atoms. The molecule has 0 fully saturated rings. The van der Waals surface area contributed by atoms with Crippen molar-refractivity contribution in [2.24, 2.45) is 0 Å². The van der Waals surface area contributed by atoms with Gasteiger partial charge in [-0.15, -0.1) is 11.8 Å². The van der Waals surface area contributed by atoms with E-state index in [4.69, 9.17) is 0 Å². The minimum absolute atomic E-state index is 0.0307. The zero-order chi connectivity index (χ0) is 18.4. The summed E-state index contributed by atoms with van der Waals surface area (Å²) in [4.78, 5) is 24.4. The Morgan fingerprint density at radius 3 is 2.77 bits per heavy atom. The maximum Gasteiger partial charge on any atom is 0.237 e. The van der Waals surface area contributed by atoms with E-state index in [0.717, 1.165) is 29.7 Å². The molecule has 0 aliphatic carbocycles. The van der Waals surface area contributed by atoms with Crippen LogP contribution in [-0.4, -0.2) is 34.5 Å². The number of aromatic hydroxyl groups is 1. The lowest BCUT2D eigenvalue weighted by atomic mass is 10.1. The van der Waals surface area contributed by atoms with Gasteiger partial charge in [0.1, 0.15) is 5.75 Å². The molecule has 0 unspecified atom stereocenters. The summed E-state index contributed by atoms with van der Waals surface area (Å²) in [5, 5.41) is 14.9. The van der Waals surface area contributed by atoms with Gasteiger partial charge in [-0.1, -0.05) is 30.3 Å². The maximum absolute atomic E-state index is 12.3. The Hall–Kier alpha value is -2.47. The standard InChI is InChI=1S/C20H22N2O3S/c23-16-8-5-14(6-9-16)11-12-21-19(24)13-26-18-10-7-15-3-1-2-4-17(15)22-20(18)25/h1-6,8-9,18,23H,7,10-13H2,(H,21,24)(H,22,25)/t18-/m0/s1. The Morgan fingerprint density at radius 1 is 1.19 bits per heavy atom. The van der Waals surface area contributed by atoms with Gasteiger partial charge in [-0.2, -0.15) is 0 Å². The average molecular weight is 370 g/mol. The maximum atomic E-state index is 12.3. The molecule has 0 radical (unpaired) electrons. The number of benzene rings is 2. The summed E-state index contributed by atoms with van der Waals surface area (Å²) < 4.78 is 0. The monoisotopic (exact) mass is 370 g/mol. The van der Waals surface area contributed by atoms with Crippen molar-refractivity contribution >= 4 is 29.3 Å². The quantitative estimate of drug-likeness (QED) is 0.731. The molecule has 6 heteroatoms. The molecular weight excluding hydrogens is 348 g/mol. The normalized spacial score (nSPS) is 16.3. The predicted octanol–water partition coefficient (Wildman–Crippen LogP) is 2.74. The lowest BCUT2D eigenvalue weighted by molar-refractivity contribution is -0.118. The minimum Gasteiger partial charge on any atom is -0.508 e. The Balaban J connectivity index is 1.41. The number of nitrogens with one attached hydrogen (secondary N) is 2. The van der Waals surface area contributed by atoms with E-state index in [1.165, 1.54) is 11.8 Å². The number of hydrogen-bond donors (Lipinski definition) is 3. The van der Waals surface area contributed by atoms with E-state index in [1.54, 1.807) is 12.1 Å². The second-order valence-electron chi connectivity index (χ2n) is 6.25. The molecule has 3 N–H and O–H groups in total. The van der Waals surface area contributed by atoms with Crippen LogP contribution in [0.25, 0.3) is 0 Å². The second-order valence-corrected chi connectivity index (χ2v) is 7.44. The van der Waals surface area contributed by atoms with Crippen LogP contribution >= 0.6 is 11.8 Å². The van der Waals surface area contributed by atoms with E-state index < -0.39 is 0 Å². The molecular formula is C20H22N2O3S. The molecule has 136 valence electrons. The van der Waals surface area contributed by atoms with Gasteiger partial charge in [0.2, 0.25) is 11.8 Å². The molecule has 1 aliphatic heterocycles. The number of rotatable bonds is 6. The molecule has 2 aromatic rings. The Kier molecular flexibility index (Phi) is 6.17. The molecule has 1 atom stereocenters. The van der Waals surface area contributed by atoms with Gasteiger partial charge in [0.25, 0.3) is 0 Å². The Morgan fingerprint density at radius 2 is 1.96 bits per heavy atom. The van der Waals surface area contributed by atoms with Gasteiger partial charge >= 0.3 is 0 Å². The zero-order valence-electron chi connectivity index (χ0n) is 14.4. The van der Waals surface area contributed by atoms with Crippen LogP contribution in [0.5, 0.6) is 5.75 Å². The number of para-hydroxylation sites is 1. The van der Waals surface area contributed by atoms with Gasteiger partial charge in [-0.25, -0.2) is 0 Å². The summed E-state index contributed by atoms with van der Waals surface area (Å²) in [6.07, 6.45) is 2.26. The van der Waals surface area contributed by atoms with Crippen molar-refractivity contribution in [3.8, 4) is 5.75 Å². The highest BCUT2D eigenvalue weighted by molar-refractivity contribution is 8.01. The first-order valence-corrected chi connectivity index (χ1v) is 9.71. The van der Waals surface area contributed by atoms with Crippen LogP contribution in [0.3, 0.4) is 0 Å². The molecule has 0 aromatic heterocycles. The smallest absolute Gasteiger partial charge is 0.237 e. The highest BCUT2D eigenvalue weighted by Crippen LogP contribution is 2.26. The van der Waals surface area contributed by atoms with Crippen molar-refractivity contribution in [3.63, 3.8) is 0 Å². The number of carbonyl (C=O) groups is 2.